The zero-order valence-electron chi connectivity index (χ0n) is 8.25. The number of carbonyl (C=O) groups is 1. The third-order valence-corrected chi connectivity index (χ3v) is 3.42. The van der Waals surface area contributed by atoms with E-state index in [-0.39, 0.29) is 16.7 Å². The molecule has 5 heteroatoms. The van der Waals surface area contributed by atoms with E-state index in [0.29, 0.717) is 0 Å². The van der Waals surface area contributed by atoms with Crippen LogP contribution in [-0.4, -0.2) is 11.8 Å². The van der Waals surface area contributed by atoms with Gasteiger partial charge in [0.05, 0.1) is 5.41 Å². The van der Waals surface area contributed by atoms with Gasteiger partial charge in [0.2, 0.25) is 0 Å². The zero-order chi connectivity index (χ0) is 11.8. The summed E-state index contributed by atoms with van der Waals surface area (Å²) in [7, 11) is 0. The minimum absolute atomic E-state index is 0.140. The third kappa shape index (κ3) is 2.40. The second-order valence-corrected chi connectivity index (χ2v) is 4.98. The van der Waals surface area contributed by atoms with E-state index in [1.165, 1.54) is 12.1 Å². The van der Waals surface area contributed by atoms with Crippen LogP contribution >= 0.6 is 11.8 Å². The smallest absolute Gasteiger partial charge is 0.302 e. The van der Waals surface area contributed by atoms with Gasteiger partial charge in [-0.3, -0.25) is 0 Å². The van der Waals surface area contributed by atoms with E-state index in [1.807, 2.05) is 0 Å². The number of thioether (sulfide) groups is 1. The van der Waals surface area contributed by atoms with Gasteiger partial charge in [0, 0.05) is 4.90 Å². The fourth-order valence-electron chi connectivity index (χ4n) is 1.60. The summed E-state index contributed by atoms with van der Waals surface area (Å²) in [5.74, 6) is 0. The molecule has 0 unspecified atom stereocenters. The Balaban J connectivity index is 2.14. The normalized spacial score (nSPS) is 18.2. The highest BCUT2D eigenvalue weighted by Gasteiger charge is 2.44. The van der Waals surface area contributed by atoms with Crippen LogP contribution in [0.1, 0.15) is 18.4 Å². The number of hydrogen-bond acceptors (Lipinski definition) is 2. The van der Waals surface area contributed by atoms with Crippen molar-refractivity contribution in [3.8, 4) is 0 Å². The number of rotatable bonds is 3. The molecular weight excluding hydrogens is 237 g/mol. The zero-order valence-corrected chi connectivity index (χ0v) is 9.07. The molecule has 0 saturated heterocycles. The fourth-order valence-corrected chi connectivity index (χ4v) is 2.14. The molecule has 0 amide bonds. The predicted molar refractivity (Wildman–Crippen MR) is 55.3 cm³/mol. The molecule has 1 saturated carbocycles. The average molecular weight is 246 g/mol. The molecule has 86 valence electrons. The molecule has 1 aromatic rings. The van der Waals surface area contributed by atoms with E-state index in [4.69, 9.17) is 0 Å². The largest absolute Gasteiger partial charge is 0.446 e. The molecule has 1 aliphatic rings. The van der Waals surface area contributed by atoms with Gasteiger partial charge in [-0.1, -0.05) is 12.1 Å². The Morgan fingerprint density at radius 1 is 1.19 bits per heavy atom. The van der Waals surface area contributed by atoms with Gasteiger partial charge in [0.25, 0.3) is 0 Å². The summed E-state index contributed by atoms with van der Waals surface area (Å²) in [6, 6.07) is 6.04. The molecule has 0 N–H and O–H groups in total. The number of alkyl halides is 3. The molecule has 1 nitrogen and oxygen atoms in total. The Hall–Kier alpha value is -0.970. The highest BCUT2D eigenvalue weighted by molar-refractivity contribution is 8.00. The number of halogens is 3. The standard InChI is InChI=1S/C11H9F3OS/c12-11(13,14)16-9-3-1-8(2-4-9)10(7-15)5-6-10/h1-4,7H,5-6H2. The lowest BCUT2D eigenvalue weighted by Gasteiger charge is -2.09. The van der Waals surface area contributed by atoms with Gasteiger partial charge >= 0.3 is 5.51 Å². The Morgan fingerprint density at radius 2 is 1.75 bits per heavy atom. The molecular formula is C11H9F3OS. The lowest BCUT2D eigenvalue weighted by Crippen LogP contribution is -2.07. The van der Waals surface area contributed by atoms with Gasteiger partial charge in [-0.2, -0.15) is 13.2 Å². The fraction of sp³-hybridized carbons (Fsp3) is 0.364. The molecule has 2 rings (SSSR count). The van der Waals surface area contributed by atoms with Crippen LogP contribution in [0, 0.1) is 0 Å². The first-order valence-electron chi connectivity index (χ1n) is 4.78. The van der Waals surface area contributed by atoms with Crippen molar-refractivity contribution in [2.75, 3.05) is 0 Å². The summed E-state index contributed by atoms with van der Waals surface area (Å²) in [6.07, 6.45) is 2.48. The van der Waals surface area contributed by atoms with Crippen LogP contribution in [0.4, 0.5) is 13.2 Å². The van der Waals surface area contributed by atoms with Crippen molar-refractivity contribution in [3.05, 3.63) is 29.8 Å². The molecule has 0 radical (unpaired) electrons. The number of aldehydes is 1. The van der Waals surface area contributed by atoms with Gasteiger partial charge < -0.3 is 4.79 Å². The summed E-state index contributed by atoms with van der Waals surface area (Å²) in [6.45, 7) is 0. The van der Waals surface area contributed by atoms with E-state index in [0.717, 1.165) is 24.7 Å². The first kappa shape index (κ1) is 11.5. The van der Waals surface area contributed by atoms with Gasteiger partial charge in [-0.25, -0.2) is 0 Å². The lowest BCUT2D eigenvalue weighted by molar-refractivity contribution is -0.109. The SMILES string of the molecule is O=CC1(c2ccc(SC(F)(F)F)cc2)CC1. The van der Waals surface area contributed by atoms with Crippen molar-refractivity contribution in [1.82, 2.24) is 0 Å². The maximum absolute atomic E-state index is 12.1. The van der Waals surface area contributed by atoms with Crippen molar-refractivity contribution in [1.29, 1.82) is 0 Å². The van der Waals surface area contributed by atoms with Gasteiger partial charge in [-0.05, 0) is 42.3 Å². The second kappa shape index (κ2) is 3.80. The van der Waals surface area contributed by atoms with Gasteiger partial charge in [0.1, 0.15) is 6.29 Å². The molecule has 16 heavy (non-hydrogen) atoms. The second-order valence-electron chi connectivity index (χ2n) is 3.85. The van der Waals surface area contributed by atoms with Crippen molar-refractivity contribution >= 4 is 18.0 Å². The first-order chi connectivity index (χ1) is 7.45. The maximum Gasteiger partial charge on any atom is 0.446 e. The molecule has 0 spiro atoms. The number of carbonyl (C=O) groups excluding carboxylic acids is 1. The average Bonchev–Trinajstić information content (AvgIpc) is 2.97. The van der Waals surface area contributed by atoms with Crippen molar-refractivity contribution < 1.29 is 18.0 Å². The molecule has 1 aliphatic carbocycles. The molecule has 0 aromatic heterocycles. The van der Waals surface area contributed by atoms with Crippen LogP contribution in [0.15, 0.2) is 29.2 Å². The monoisotopic (exact) mass is 246 g/mol. The highest BCUT2D eigenvalue weighted by atomic mass is 32.2. The Labute approximate surface area is 95.0 Å². The predicted octanol–water partition coefficient (Wildman–Crippen LogP) is 3.53. The Bertz CT molecular complexity index is 393. The third-order valence-electron chi connectivity index (χ3n) is 2.68. The Kier molecular flexibility index (Phi) is 2.74. The number of benzene rings is 1. The molecule has 1 aromatic carbocycles. The van der Waals surface area contributed by atoms with Crippen LogP contribution in [0.2, 0.25) is 0 Å². The minimum Gasteiger partial charge on any atom is -0.302 e. The molecule has 0 heterocycles. The minimum atomic E-state index is -4.26. The highest BCUT2D eigenvalue weighted by Crippen LogP contribution is 2.47. The van der Waals surface area contributed by atoms with Crippen molar-refractivity contribution in [3.63, 3.8) is 0 Å². The van der Waals surface area contributed by atoms with Crippen molar-refractivity contribution in [2.45, 2.75) is 28.7 Å². The van der Waals surface area contributed by atoms with E-state index in [2.05, 4.69) is 0 Å². The van der Waals surface area contributed by atoms with E-state index < -0.39 is 10.9 Å². The van der Waals surface area contributed by atoms with Crippen molar-refractivity contribution in [2.24, 2.45) is 0 Å². The molecule has 0 aliphatic heterocycles. The Morgan fingerprint density at radius 3 is 2.12 bits per heavy atom. The van der Waals surface area contributed by atoms with Crippen LogP contribution < -0.4 is 0 Å². The number of hydrogen-bond donors (Lipinski definition) is 0. The van der Waals surface area contributed by atoms with Crippen LogP contribution in [-0.2, 0) is 10.2 Å². The van der Waals surface area contributed by atoms with Crippen LogP contribution in [0.5, 0.6) is 0 Å². The van der Waals surface area contributed by atoms with Crippen LogP contribution in [0.3, 0.4) is 0 Å². The summed E-state index contributed by atoms with van der Waals surface area (Å²) < 4.78 is 36.2. The van der Waals surface area contributed by atoms with E-state index in [1.54, 1.807) is 12.1 Å². The lowest BCUT2D eigenvalue weighted by atomic mass is 9.98. The van der Waals surface area contributed by atoms with E-state index >= 15 is 0 Å². The topological polar surface area (TPSA) is 17.1 Å². The summed E-state index contributed by atoms with van der Waals surface area (Å²) >= 11 is -0.140. The first-order valence-corrected chi connectivity index (χ1v) is 5.59. The maximum atomic E-state index is 12.1. The van der Waals surface area contributed by atoms with Gasteiger partial charge in [0.15, 0.2) is 0 Å². The summed E-state index contributed by atoms with van der Waals surface area (Å²) in [5.41, 5.74) is -3.86. The molecule has 0 atom stereocenters. The van der Waals surface area contributed by atoms with Gasteiger partial charge in [-0.15, -0.1) is 0 Å². The molecule has 1 fully saturated rings. The summed E-state index contributed by atoms with van der Waals surface area (Å²) in [5, 5.41) is 0. The van der Waals surface area contributed by atoms with Crippen LogP contribution in [0.25, 0.3) is 0 Å². The quantitative estimate of drug-likeness (QED) is 0.599. The molecule has 0 bridgehead atoms. The van der Waals surface area contributed by atoms with E-state index in [9.17, 15) is 18.0 Å². The summed E-state index contributed by atoms with van der Waals surface area (Å²) in [4.78, 5) is 11.0.